The van der Waals surface area contributed by atoms with Gasteiger partial charge in [-0.15, -0.1) is 0 Å². The highest BCUT2D eigenvalue weighted by Crippen LogP contribution is 2.26. The third-order valence-electron chi connectivity index (χ3n) is 4.78. The Bertz CT molecular complexity index is 946. The molecule has 0 atom stereocenters. The molecule has 0 amide bonds. The van der Waals surface area contributed by atoms with Crippen molar-refractivity contribution in [3.05, 3.63) is 58.8 Å². The molecule has 0 aliphatic heterocycles. The summed E-state index contributed by atoms with van der Waals surface area (Å²) < 4.78 is 2.15. The lowest BCUT2D eigenvalue weighted by Crippen LogP contribution is -2.32. The van der Waals surface area contributed by atoms with Crippen molar-refractivity contribution in [3.8, 4) is 11.4 Å². The van der Waals surface area contributed by atoms with E-state index in [4.69, 9.17) is 4.98 Å². The second-order valence-electron chi connectivity index (χ2n) is 8.56. The van der Waals surface area contributed by atoms with Crippen LogP contribution in [0, 0.1) is 26.2 Å². The van der Waals surface area contributed by atoms with Crippen LogP contribution in [0.25, 0.3) is 22.3 Å². The maximum Gasteiger partial charge on any atom is 0.331 e. The minimum Gasteiger partial charge on any atom is -0.232 e. The Kier molecular flexibility index (Phi) is 4.40. The van der Waals surface area contributed by atoms with Crippen molar-refractivity contribution in [2.45, 2.75) is 48.0 Å². The maximum atomic E-state index is 5.04. The van der Waals surface area contributed by atoms with Gasteiger partial charge < -0.3 is 0 Å². The normalized spacial score (nSPS) is 12.0. The van der Waals surface area contributed by atoms with Crippen molar-refractivity contribution in [2.75, 3.05) is 0 Å². The third-order valence-corrected chi connectivity index (χ3v) is 4.78. The molecule has 0 aliphatic rings. The number of aromatic nitrogens is 2. The van der Waals surface area contributed by atoms with E-state index in [0.29, 0.717) is 0 Å². The molecule has 130 valence electrons. The molecule has 2 heteroatoms. The highest BCUT2D eigenvalue weighted by Gasteiger charge is 2.20. The monoisotopic (exact) mass is 333 g/mol. The van der Waals surface area contributed by atoms with Crippen molar-refractivity contribution in [1.29, 1.82) is 0 Å². The van der Waals surface area contributed by atoms with E-state index in [9.17, 15) is 0 Å². The number of hydrogen-bond acceptors (Lipinski definition) is 1. The van der Waals surface area contributed by atoms with Crippen LogP contribution in [0.5, 0.6) is 0 Å². The molecular weight excluding hydrogens is 304 g/mol. The van der Waals surface area contributed by atoms with Crippen LogP contribution >= 0.6 is 0 Å². The fourth-order valence-electron chi connectivity index (χ4n) is 3.50. The lowest BCUT2D eigenvalue weighted by atomic mass is 9.88. The molecule has 1 heterocycles. The molecule has 1 aromatic heterocycles. The molecule has 25 heavy (non-hydrogen) atoms. The van der Waals surface area contributed by atoms with Crippen molar-refractivity contribution in [1.82, 2.24) is 4.98 Å². The highest BCUT2D eigenvalue weighted by molar-refractivity contribution is 5.79. The van der Waals surface area contributed by atoms with E-state index in [1.807, 2.05) is 0 Å². The first-order valence-corrected chi connectivity index (χ1v) is 9.01. The number of fused-ring (bicyclic) bond motifs is 1. The first-order valence-electron chi connectivity index (χ1n) is 9.01. The number of benzene rings is 2. The lowest BCUT2D eigenvalue weighted by molar-refractivity contribution is -0.661. The number of aryl methyl sites for hydroxylation is 3. The van der Waals surface area contributed by atoms with Gasteiger partial charge in [0, 0.05) is 0 Å². The van der Waals surface area contributed by atoms with Gasteiger partial charge in [-0.3, -0.25) is 0 Å². The zero-order valence-corrected chi connectivity index (χ0v) is 16.6. The molecule has 0 N–H and O–H groups in total. The predicted octanol–water partition coefficient (Wildman–Crippen LogP) is 5.24. The summed E-state index contributed by atoms with van der Waals surface area (Å²) in [5.74, 6) is 1.03. The number of nitrogens with zero attached hydrogens (tertiary/aromatic N) is 2. The molecule has 2 aromatic carbocycles. The lowest BCUT2D eigenvalue weighted by Gasteiger charge is -2.17. The van der Waals surface area contributed by atoms with Crippen LogP contribution in [0.1, 0.15) is 43.0 Å². The summed E-state index contributed by atoms with van der Waals surface area (Å²) in [7, 11) is 2.09. The molecule has 0 bridgehead atoms. The van der Waals surface area contributed by atoms with Gasteiger partial charge in [0.05, 0.1) is 18.0 Å². The van der Waals surface area contributed by atoms with Gasteiger partial charge in [-0.05, 0) is 78.0 Å². The fraction of sp³-hybridized carbons (Fsp3) is 0.391. The van der Waals surface area contributed by atoms with E-state index < -0.39 is 0 Å². The maximum absolute atomic E-state index is 5.04. The van der Waals surface area contributed by atoms with E-state index in [1.54, 1.807) is 0 Å². The summed E-state index contributed by atoms with van der Waals surface area (Å²) >= 11 is 0. The van der Waals surface area contributed by atoms with Crippen LogP contribution < -0.4 is 4.57 Å². The van der Waals surface area contributed by atoms with Gasteiger partial charge in [-0.1, -0.05) is 32.9 Å². The van der Waals surface area contributed by atoms with E-state index >= 15 is 0 Å². The quantitative estimate of drug-likeness (QED) is 0.586. The molecule has 0 fully saturated rings. The molecular formula is C23H29N2+. The average Bonchev–Trinajstić information content (AvgIpc) is 2.49. The topological polar surface area (TPSA) is 16.8 Å². The fourth-order valence-corrected chi connectivity index (χ4v) is 3.50. The standard InChI is InChI=1S/C23H29N2/c1-15-10-16(2)17(3)20(11-15)22-24-21-12-18(13-23(4,5)6)8-9-19(21)14-25(22)7/h8-12,14H,13H2,1-7H3/q+1. The molecule has 3 aromatic rings. The van der Waals surface area contributed by atoms with Crippen molar-refractivity contribution >= 4 is 10.9 Å². The molecule has 3 rings (SSSR count). The summed E-state index contributed by atoms with van der Waals surface area (Å²) in [6.07, 6.45) is 3.25. The SMILES string of the molecule is Cc1cc(C)c(C)c(-c2nc3cc(CC(C)(C)C)ccc3c[n+]2C)c1. The Hall–Kier alpha value is -2.22. The van der Waals surface area contributed by atoms with Crippen molar-refractivity contribution in [2.24, 2.45) is 12.5 Å². The van der Waals surface area contributed by atoms with E-state index in [2.05, 4.69) is 89.7 Å². The van der Waals surface area contributed by atoms with Crippen LogP contribution in [0.2, 0.25) is 0 Å². The van der Waals surface area contributed by atoms with Crippen molar-refractivity contribution < 1.29 is 4.57 Å². The summed E-state index contributed by atoms with van der Waals surface area (Å²) in [5.41, 5.74) is 7.83. The zero-order valence-electron chi connectivity index (χ0n) is 16.6. The molecule has 0 unspecified atom stereocenters. The van der Waals surface area contributed by atoms with Crippen LogP contribution in [-0.4, -0.2) is 4.98 Å². The number of hydrogen-bond donors (Lipinski definition) is 0. The second kappa shape index (κ2) is 6.25. The highest BCUT2D eigenvalue weighted by atomic mass is 15.0. The van der Waals surface area contributed by atoms with E-state index in [0.717, 1.165) is 17.8 Å². The summed E-state index contributed by atoms with van der Waals surface area (Å²) in [6.45, 7) is 13.3. The van der Waals surface area contributed by atoms with E-state index in [1.165, 1.54) is 33.2 Å². The van der Waals surface area contributed by atoms with Crippen LogP contribution in [-0.2, 0) is 13.5 Å². The van der Waals surface area contributed by atoms with Gasteiger partial charge in [0.25, 0.3) is 0 Å². The third kappa shape index (κ3) is 3.73. The van der Waals surface area contributed by atoms with Gasteiger partial charge >= 0.3 is 5.82 Å². The Morgan fingerprint density at radius 1 is 1.00 bits per heavy atom. The smallest absolute Gasteiger partial charge is 0.232 e. The Balaban J connectivity index is 2.18. The summed E-state index contributed by atoms with van der Waals surface area (Å²) in [4.78, 5) is 5.04. The van der Waals surface area contributed by atoms with Crippen LogP contribution in [0.3, 0.4) is 0 Å². The molecule has 0 aliphatic carbocycles. The zero-order chi connectivity index (χ0) is 18.4. The average molecular weight is 333 g/mol. The van der Waals surface area contributed by atoms with Gasteiger partial charge in [0.1, 0.15) is 6.20 Å². The minimum absolute atomic E-state index is 0.278. The number of rotatable bonds is 2. The first-order chi connectivity index (χ1) is 11.6. The van der Waals surface area contributed by atoms with Crippen molar-refractivity contribution in [3.63, 3.8) is 0 Å². The molecule has 0 radical (unpaired) electrons. The van der Waals surface area contributed by atoms with Crippen LogP contribution in [0.4, 0.5) is 0 Å². The minimum atomic E-state index is 0.278. The second-order valence-corrected chi connectivity index (χ2v) is 8.56. The van der Waals surface area contributed by atoms with E-state index in [-0.39, 0.29) is 5.41 Å². The largest absolute Gasteiger partial charge is 0.331 e. The predicted molar refractivity (Wildman–Crippen MR) is 106 cm³/mol. The van der Waals surface area contributed by atoms with Gasteiger partial charge in [-0.2, -0.15) is 0 Å². The first kappa shape index (κ1) is 17.6. The molecule has 0 saturated heterocycles. The summed E-state index contributed by atoms with van der Waals surface area (Å²) in [6, 6.07) is 11.2. The molecule has 0 spiro atoms. The van der Waals surface area contributed by atoms with Crippen LogP contribution in [0.15, 0.2) is 36.5 Å². The summed E-state index contributed by atoms with van der Waals surface area (Å²) in [5, 5.41) is 1.19. The Morgan fingerprint density at radius 2 is 1.72 bits per heavy atom. The van der Waals surface area contributed by atoms with Gasteiger partial charge in [0.15, 0.2) is 5.52 Å². The molecule has 0 saturated carbocycles. The Labute approximate surface area is 151 Å². The van der Waals surface area contributed by atoms with Gasteiger partial charge in [-0.25, -0.2) is 4.57 Å². The Morgan fingerprint density at radius 3 is 2.40 bits per heavy atom. The van der Waals surface area contributed by atoms with Gasteiger partial charge in [0.2, 0.25) is 0 Å². The molecule has 2 nitrogen and oxygen atoms in total.